The van der Waals surface area contributed by atoms with Crippen LogP contribution < -0.4 is 16.4 Å². The molecule has 10 heteroatoms. The summed E-state index contributed by atoms with van der Waals surface area (Å²) in [5.74, 6) is -1.73. The fourth-order valence-electron chi connectivity index (χ4n) is 3.53. The molecule has 4 amide bonds. The first kappa shape index (κ1) is 28.6. The molecule has 2 aromatic carbocycles. The first-order chi connectivity index (χ1) is 16.8. The van der Waals surface area contributed by atoms with Crippen LogP contribution in [0.15, 0.2) is 48.5 Å². The molecular formula is C26H33ClN4O5. The molecule has 4 N–H and O–H groups in total. The fraction of sp³-hybridized carbons (Fsp3) is 0.385. The molecule has 9 nitrogen and oxygen atoms in total. The molecule has 0 aliphatic carbocycles. The maximum Gasteiger partial charge on any atom is 0.408 e. The monoisotopic (exact) mass is 516 g/mol. The number of anilines is 1. The number of amides is 4. The van der Waals surface area contributed by atoms with Gasteiger partial charge in [0, 0.05) is 13.5 Å². The van der Waals surface area contributed by atoms with Gasteiger partial charge in [-0.05, 0) is 51.3 Å². The van der Waals surface area contributed by atoms with Crippen LogP contribution in [0.4, 0.5) is 10.5 Å². The predicted octanol–water partition coefficient (Wildman–Crippen LogP) is 3.95. The van der Waals surface area contributed by atoms with E-state index >= 15 is 0 Å². The summed E-state index contributed by atoms with van der Waals surface area (Å²) in [4.78, 5) is 52.1. The van der Waals surface area contributed by atoms with E-state index < -0.39 is 41.5 Å². The van der Waals surface area contributed by atoms with Crippen molar-refractivity contribution in [3.05, 3.63) is 64.7 Å². The average molecular weight is 517 g/mol. The molecule has 0 saturated heterocycles. The smallest absolute Gasteiger partial charge is 0.408 e. The van der Waals surface area contributed by atoms with Crippen molar-refractivity contribution in [2.75, 3.05) is 12.4 Å². The van der Waals surface area contributed by atoms with Gasteiger partial charge < -0.3 is 26.0 Å². The Kier molecular flexibility index (Phi) is 9.86. The maximum absolute atomic E-state index is 13.6. The molecule has 0 aromatic heterocycles. The van der Waals surface area contributed by atoms with Gasteiger partial charge in [-0.25, -0.2) is 4.79 Å². The highest BCUT2D eigenvalue weighted by atomic mass is 35.5. The van der Waals surface area contributed by atoms with E-state index in [1.165, 1.54) is 11.9 Å². The van der Waals surface area contributed by atoms with Crippen LogP contribution >= 0.6 is 11.6 Å². The lowest BCUT2D eigenvalue weighted by molar-refractivity contribution is -0.139. The molecule has 2 atom stereocenters. The number of ether oxygens (including phenoxy) is 1. The summed E-state index contributed by atoms with van der Waals surface area (Å²) in [7, 11) is 1.45. The van der Waals surface area contributed by atoms with Crippen molar-refractivity contribution in [3.63, 3.8) is 0 Å². The summed E-state index contributed by atoms with van der Waals surface area (Å²) in [5, 5.41) is 5.69. The number of halogens is 1. The van der Waals surface area contributed by atoms with Crippen LogP contribution in [0, 0.1) is 6.92 Å². The number of benzene rings is 2. The summed E-state index contributed by atoms with van der Waals surface area (Å²) >= 11 is 6.30. The van der Waals surface area contributed by atoms with Gasteiger partial charge in [0.25, 0.3) is 5.91 Å². The molecule has 36 heavy (non-hydrogen) atoms. The van der Waals surface area contributed by atoms with E-state index in [1.807, 2.05) is 0 Å². The minimum atomic E-state index is -1.15. The second kappa shape index (κ2) is 12.4. The molecular weight excluding hydrogens is 484 g/mol. The zero-order valence-corrected chi connectivity index (χ0v) is 21.9. The first-order valence-electron chi connectivity index (χ1n) is 11.5. The lowest BCUT2D eigenvalue weighted by Gasteiger charge is -2.31. The largest absolute Gasteiger partial charge is 0.444 e. The van der Waals surface area contributed by atoms with Crippen molar-refractivity contribution >= 4 is 41.1 Å². The number of primary amides is 1. The third-order valence-corrected chi connectivity index (χ3v) is 5.55. The summed E-state index contributed by atoms with van der Waals surface area (Å²) in [6, 6.07) is 11.7. The van der Waals surface area contributed by atoms with Crippen LogP contribution in [0.3, 0.4) is 0 Å². The number of nitrogens with one attached hydrogen (secondary N) is 2. The molecule has 0 fully saturated rings. The SMILES string of the molecule is Cc1cccc(Cl)c1NC(=O)C(c1ccccc1)N(C)C(=O)C(CCC(N)=O)NC(=O)OC(C)(C)C. The third kappa shape index (κ3) is 8.27. The average Bonchev–Trinajstić information content (AvgIpc) is 2.78. The fourth-order valence-corrected chi connectivity index (χ4v) is 3.80. The molecule has 0 radical (unpaired) electrons. The molecule has 0 spiro atoms. The Morgan fingerprint density at radius 3 is 2.25 bits per heavy atom. The van der Waals surface area contributed by atoms with Crippen molar-refractivity contribution in [1.29, 1.82) is 0 Å². The van der Waals surface area contributed by atoms with Gasteiger partial charge >= 0.3 is 6.09 Å². The summed E-state index contributed by atoms with van der Waals surface area (Å²) in [5.41, 5.74) is 6.21. The number of carbonyl (C=O) groups is 4. The van der Waals surface area contributed by atoms with Crippen molar-refractivity contribution in [2.45, 2.75) is 58.2 Å². The minimum absolute atomic E-state index is 0.0650. The molecule has 0 aliphatic heterocycles. The van der Waals surface area contributed by atoms with Crippen LogP contribution in [0.1, 0.15) is 50.8 Å². The highest BCUT2D eigenvalue weighted by molar-refractivity contribution is 6.34. The van der Waals surface area contributed by atoms with Crippen molar-refractivity contribution in [1.82, 2.24) is 10.2 Å². The number of hydrogen-bond acceptors (Lipinski definition) is 5. The van der Waals surface area contributed by atoms with Gasteiger partial charge in [0.15, 0.2) is 0 Å². The van der Waals surface area contributed by atoms with Crippen molar-refractivity contribution < 1.29 is 23.9 Å². The molecule has 0 saturated carbocycles. The number of para-hydroxylation sites is 1. The quantitative estimate of drug-likeness (QED) is 0.464. The zero-order chi connectivity index (χ0) is 27.0. The Bertz CT molecular complexity index is 1080. The highest BCUT2D eigenvalue weighted by Gasteiger charge is 2.34. The molecule has 2 aromatic rings. The number of hydrogen-bond donors (Lipinski definition) is 3. The Labute approximate surface area is 216 Å². The molecule has 0 aliphatic rings. The molecule has 194 valence electrons. The van der Waals surface area contributed by atoms with Crippen molar-refractivity contribution in [2.24, 2.45) is 5.73 Å². The van der Waals surface area contributed by atoms with E-state index in [1.54, 1.807) is 76.2 Å². The standard InChI is InChI=1S/C26H33ClN4O5/c1-16-10-9-13-18(27)21(16)30-23(33)22(17-11-7-6-8-12-17)31(5)24(34)19(14-15-20(28)32)29-25(35)36-26(2,3)4/h6-13,19,22H,14-15H2,1-5H3,(H2,28,32)(H,29,35)(H,30,33). The number of nitrogens with zero attached hydrogens (tertiary/aromatic N) is 1. The van der Waals surface area contributed by atoms with Gasteiger partial charge in [0.1, 0.15) is 17.7 Å². The third-order valence-electron chi connectivity index (χ3n) is 5.24. The van der Waals surface area contributed by atoms with E-state index in [0.29, 0.717) is 16.3 Å². The Morgan fingerprint density at radius 1 is 1.06 bits per heavy atom. The molecule has 2 rings (SSSR count). The normalized spacial score (nSPS) is 12.7. The second-order valence-corrected chi connectivity index (χ2v) is 9.79. The van der Waals surface area contributed by atoms with E-state index in [2.05, 4.69) is 10.6 Å². The summed E-state index contributed by atoms with van der Waals surface area (Å²) in [6.45, 7) is 6.86. The first-order valence-corrected chi connectivity index (χ1v) is 11.8. The number of carbonyl (C=O) groups excluding carboxylic acids is 4. The summed E-state index contributed by atoms with van der Waals surface area (Å²) in [6.07, 6.45) is -1.04. The van der Waals surface area contributed by atoms with Crippen LogP contribution in [0.2, 0.25) is 5.02 Å². The van der Waals surface area contributed by atoms with Crippen molar-refractivity contribution in [3.8, 4) is 0 Å². The van der Waals surface area contributed by atoms with Crippen LogP contribution in [-0.2, 0) is 19.1 Å². The molecule has 0 bridgehead atoms. The molecule has 2 unspecified atom stereocenters. The number of alkyl carbamates (subject to hydrolysis) is 1. The van der Waals surface area contributed by atoms with Gasteiger partial charge in [-0.3, -0.25) is 14.4 Å². The Morgan fingerprint density at radius 2 is 1.69 bits per heavy atom. The number of likely N-dealkylation sites (N-methyl/N-ethyl adjacent to an activating group) is 1. The Hall–Kier alpha value is -3.59. The number of rotatable bonds is 9. The van der Waals surface area contributed by atoms with Crippen LogP contribution in [0.5, 0.6) is 0 Å². The predicted molar refractivity (Wildman–Crippen MR) is 138 cm³/mol. The number of nitrogens with two attached hydrogens (primary N) is 1. The van der Waals surface area contributed by atoms with E-state index in [-0.39, 0.29) is 12.8 Å². The van der Waals surface area contributed by atoms with E-state index in [4.69, 9.17) is 22.1 Å². The van der Waals surface area contributed by atoms with E-state index in [0.717, 1.165) is 5.56 Å². The lowest BCUT2D eigenvalue weighted by atomic mass is 10.0. The van der Waals surface area contributed by atoms with Gasteiger partial charge in [-0.1, -0.05) is 54.1 Å². The highest BCUT2D eigenvalue weighted by Crippen LogP contribution is 2.28. The topological polar surface area (TPSA) is 131 Å². The van der Waals surface area contributed by atoms with Gasteiger partial charge in [0.2, 0.25) is 11.8 Å². The van der Waals surface area contributed by atoms with Gasteiger partial charge in [0.05, 0.1) is 10.7 Å². The van der Waals surface area contributed by atoms with Crippen LogP contribution in [-0.4, -0.2) is 47.4 Å². The zero-order valence-electron chi connectivity index (χ0n) is 21.1. The van der Waals surface area contributed by atoms with Gasteiger partial charge in [-0.2, -0.15) is 0 Å². The van der Waals surface area contributed by atoms with Crippen LogP contribution in [0.25, 0.3) is 0 Å². The number of aryl methyl sites for hydroxylation is 1. The summed E-state index contributed by atoms with van der Waals surface area (Å²) < 4.78 is 5.27. The minimum Gasteiger partial charge on any atom is -0.444 e. The lowest BCUT2D eigenvalue weighted by Crippen LogP contribution is -2.51. The Balaban J connectivity index is 2.38. The van der Waals surface area contributed by atoms with Gasteiger partial charge in [-0.15, -0.1) is 0 Å². The molecule has 0 heterocycles. The van der Waals surface area contributed by atoms with E-state index in [9.17, 15) is 19.2 Å². The second-order valence-electron chi connectivity index (χ2n) is 9.39. The maximum atomic E-state index is 13.6.